The van der Waals surface area contributed by atoms with E-state index in [4.69, 9.17) is 4.74 Å². The summed E-state index contributed by atoms with van der Waals surface area (Å²) < 4.78 is 5.28. The maximum atomic E-state index is 12.1. The van der Waals surface area contributed by atoms with Gasteiger partial charge in [0.2, 0.25) is 11.8 Å². The summed E-state index contributed by atoms with van der Waals surface area (Å²) >= 11 is 0. The van der Waals surface area contributed by atoms with Crippen LogP contribution >= 0.6 is 0 Å². The molecule has 1 aromatic rings. The lowest BCUT2D eigenvalue weighted by atomic mass is 9.95. The second-order valence-electron chi connectivity index (χ2n) is 6.37. The molecule has 24 heavy (non-hydrogen) atoms. The number of likely N-dealkylation sites (tertiary alicyclic amines) is 1. The zero-order chi connectivity index (χ0) is 17.5. The highest BCUT2D eigenvalue weighted by molar-refractivity contribution is 5.79. The Balaban J connectivity index is 1.75. The average molecular weight is 333 g/mol. The van der Waals surface area contributed by atoms with Gasteiger partial charge in [0, 0.05) is 32.1 Å². The first-order valence-corrected chi connectivity index (χ1v) is 8.33. The van der Waals surface area contributed by atoms with Crippen LogP contribution in [-0.2, 0) is 16.1 Å². The van der Waals surface area contributed by atoms with Crippen molar-refractivity contribution in [3.05, 3.63) is 29.8 Å². The molecule has 132 valence electrons. The minimum Gasteiger partial charge on any atom is -0.496 e. The monoisotopic (exact) mass is 333 g/mol. The molecular formula is C18H27N3O3. The predicted molar refractivity (Wildman–Crippen MR) is 92.7 cm³/mol. The standard InChI is InChI=1S/C18H27N3O3/c1-20(2)18(23)14-8-10-21(11-9-14)13-17(22)19-12-15-6-4-5-7-16(15)24-3/h4-7,14H,8-13H2,1-3H3,(H,19,22). The van der Waals surface area contributed by atoms with Crippen LogP contribution in [0, 0.1) is 5.92 Å². The summed E-state index contributed by atoms with van der Waals surface area (Å²) in [7, 11) is 5.21. The maximum absolute atomic E-state index is 12.1. The van der Waals surface area contributed by atoms with Gasteiger partial charge in [-0.15, -0.1) is 0 Å². The molecule has 1 N–H and O–H groups in total. The molecule has 6 heteroatoms. The van der Waals surface area contributed by atoms with Crippen LogP contribution in [0.4, 0.5) is 0 Å². The highest BCUT2D eigenvalue weighted by atomic mass is 16.5. The Morgan fingerprint density at radius 1 is 1.25 bits per heavy atom. The number of amides is 2. The van der Waals surface area contributed by atoms with Crippen molar-refractivity contribution in [2.45, 2.75) is 19.4 Å². The van der Waals surface area contributed by atoms with Gasteiger partial charge >= 0.3 is 0 Å². The summed E-state index contributed by atoms with van der Waals surface area (Å²) in [6.45, 7) is 2.40. The number of nitrogens with zero attached hydrogens (tertiary/aromatic N) is 2. The molecule has 1 heterocycles. The third kappa shape index (κ3) is 4.96. The van der Waals surface area contributed by atoms with Crippen molar-refractivity contribution in [1.82, 2.24) is 15.1 Å². The minimum atomic E-state index is -0.00158. The molecule has 0 saturated carbocycles. The maximum Gasteiger partial charge on any atom is 0.234 e. The Morgan fingerprint density at radius 3 is 2.54 bits per heavy atom. The zero-order valence-corrected chi connectivity index (χ0v) is 14.7. The smallest absolute Gasteiger partial charge is 0.234 e. The normalized spacial score (nSPS) is 15.8. The van der Waals surface area contributed by atoms with Crippen LogP contribution in [0.15, 0.2) is 24.3 Å². The minimum absolute atomic E-state index is 0.00158. The predicted octanol–water partition coefficient (Wildman–Crippen LogP) is 1.11. The van der Waals surface area contributed by atoms with Gasteiger partial charge in [-0.1, -0.05) is 18.2 Å². The molecule has 0 atom stereocenters. The second-order valence-corrected chi connectivity index (χ2v) is 6.37. The number of hydrogen-bond acceptors (Lipinski definition) is 4. The number of para-hydroxylation sites is 1. The van der Waals surface area contributed by atoms with Gasteiger partial charge in [-0.3, -0.25) is 14.5 Å². The molecule has 1 aromatic carbocycles. The van der Waals surface area contributed by atoms with E-state index in [0.717, 1.165) is 37.2 Å². The van der Waals surface area contributed by atoms with Crippen LogP contribution in [0.3, 0.4) is 0 Å². The van der Waals surface area contributed by atoms with Gasteiger partial charge in [-0.25, -0.2) is 0 Å². The summed E-state index contributed by atoms with van der Waals surface area (Å²) in [4.78, 5) is 27.9. The number of ether oxygens (including phenoxy) is 1. The molecule has 1 fully saturated rings. The largest absolute Gasteiger partial charge is 0.496 e. The SMILES string of the molecule is COc1ccccc1CNC(=O)CN1CCC(C(=O)N(C)C)CC1. The quantitative estimate of drug-likeness (QED) is 0.847. The van der Waals surface area contributed by atoms with Crippen molar-refractivity contribution in [1.29, 1.82) is 0 Å². The number of benzene rings is 1. The van der Waals surface area contributed by atoms with Gasteiger partial charge in [0.05, 0.1) is 13.7 Å². The second kappa shape index (κ2) is 8.68. The Bertz CT molecular complexity index is 566. The fraction of sp³-hybridized carbons (Fsp3) is 0.556. The van der Waals surface area contributed by atoms with Crippen molar-refractivity contribution in [2.75, 3.05) is 40.8 Å². The van der Waals surface area contributed by atoms with Crippen LogP contribution < -0.4 is 10.1 Å². The lowest BCUT2D eigenvalue weighted by Crippen LogP contribution is -2.44. The van der Waals surface area contributed by atoms with Crippen LogP contribution in [0.2, 0.25) is 0 Å². The van der Waals surface area contributed by atoms with Crippen LogP contribution in [0.1, 0.15) is 18.4 Å². The Kier molecular flexibility index (Phi) is 6.61. The molecule has 2 rings (SSSR count). The molecule has 1 saturated heterocycles. The number of carbonyl (C=O) groups is 2. The van der Waals surface area contributed by atoms with Gasteiger partial charge < -0.3 is 15.0 Å². The zero-order valence-electron chi connectivity index (χ0n) is 14.7. The van der Waals surface area contributed by atoms with Gasteiger partial charge in [0.15, 0.2) is 0 Å². The number of methoxy groups -OCH3 is 1. The van der Waals surface area contributed by atoms with E-state index in [2.05, 4.69) is 10.2 Å². The molecule has 6 nitrogen and oxygen atoms in total. The van der Waals surface area contributed by atoms with Crippen LogP contribution in [-0.4, -0.2) is 62.5 Å². The Morgan fingerprint density at radius 2 is 1.92 bits per heavy atom. The van der Waals surface area contributed by atoms with E-state index in [1.54, 1.807) is 26.1 Å². The molecular weight excluding hydrogens is 306 g/mol. The van der Waals surface area contributed by atoms with Gasteiger partial charge in [-0.05, 0) is 32.0 Å². The van der Waals surface area contributed by atoms with Crippen molar-refractivity contribution >= 4 is 11.8 Å². The van der Waals surface area contributed by atoms with E-state index >= 15 is 0 Å². The molecule has 0 bridgehead atoms. The summed E-state index contributed by atoms with van der Waals surface area (Å²) in [6.07, 6.45) is 1.63. The van der Waals surface area contributed by atoms with Crippen LogP contribution in [0.5, 0.6) is 5.75 Å². The summed E-state index contributed by atoms with van der Waals surface area (Å²) in [6, 6.07) is 7.66. The van der Waals surface area contributed by atoms with E-state index in [1.165, 1.54) is 0 Å². The number of nitrogens with one attached hydrogen (secondary N) is 1. The molecule has 0 aliphatic carbocycles. The first-order valence-electron chi connectivity index (χ1n) is 8.33. The molecule has 0 unspecified atom stereocenters. The number of hydrogen-bond donors (Lipinski definition) is 1. The summed E-state index contributed by atoms with van der Waals surface area (Å²) in [5, 5.41) is 2.94. The highest BCUT2D eigenvalue weighted by Gasteiger charge is 2.26. The average Bonchev–Trinajstić information content (AvgIpc) is 2.60. The van der Waals surface area contributed by atoms with Gasteiger partial charge in [0.1, 0.15) is 5.75 Å². The molecule has 1 aliphatic heterocycles. The van der Waals surface area contributed by atoms with E-state index in [-0.39, 0.29) is 17.7 Å². The first kappa shape index (κ1) is 18.3. The third-order valence-corrected chi connectivity index (χ3v) is 4.41. The molecule has 2 amide bonds. The topological polar surface area (TPSA) is 61.9 Å². The summed E-state index contributed by atoms with van der Waals surface area (Å²) in [5.41, 5.74) is 0.962. The van der Waals surface area contributed by atoms with Gasteiger partial charge in [0.25, 0.3) is 0 Å². The Hall–Kier alpha value is -2.08. The van der Waals surface area contributed by atoms with Crippen LogP contribution in [0.25, 0.3) is 0 Å². The number of rotatable bonds is 6. The van der Waals surface area contributed by atoms with Crippen molar-refractivity contribution in [2.24, 2.45) is 5.92 Å². The lowest BCUT2D eigenvalue weighted by Gasteiger charge is -2.31. The molecule has 0 radical (unpaired) electrons. The molecule has 0 spiro atoms. The van der Waals surface area contributed by atoms with E-state index < -0.39 is 0 Å². The molecule has 0 aromatic heterocycles. The van der Waals surface area contributed by atoms with E-state index in [1.807, 2.05) is 24.3 Å². The fourth-order valence-electron chi connectivity index (χ4n) is 3.00. The number of piperidine rings is 1. The third-order valence-electron chi connectivity index (χ3n) is 4.41. The number of carbonyl (C=O) groups excluding carboxylic acids is 2. The van der Waals surface area contributed by atoms with Crippen molar-refractivity contribution < 1.29 is 14.3 Å². The fourth-order valence-corrected chi connectivity index (χ4v) is 3.00. The molecule has 1 aliphatic rings. The lowest BCUT2D eigenvalue weighted by molar-refractivity contribution is -0.134. The van der Waals surface area contributed by atoms with Crippen molar-refractivity contribution in [3.63, 3.8) is 0 Å². The van der Waals surface area contributed by atoms with E-state index in [9.17, 15) is 9.59 Å². The first-order chi connectivity index (χ1) is 11.5. The Labute approximate surface area is 143 Å². The summed E-state index contributed by atoms with van der Waals surface area (Å²) in [5.74, 6) is 1.06. The van der Waals surface area contributed by atoms with Gasteiger partial charge in [-0.2, -0.15) is 0 Å². The van der Waals surface area contributed by atoms with E-state index in [0.29, 0.717) is 13.1 Å². The highest BCUT2D eigenvalue weighted by Crippen LogP contribution is 2.19. The van der Waals surface area contributed by atoms with Crippen molar-refractivity contribution in [3.8, 4) is 5.75 Å².